The van der Waals surface area contributed by atoms with Crippen molar-refractivity contribution in [1.29, 1.82) is 0 Å². The highest BCUT2D eigenvalue weighted by molar-refractivity contribution is 7.92. The summed E-state index contributed by atoms with van der Waals surface area (Å²) in [6, 6.07) is 8.51. The van der Waals surface area contributed by atoms with Crippen LogP contribution in [0.5, 0.6) is 5.75 Å². The minimum atomic E-state index is -4.03. The van der Waals surface area contributed by atoms with Gasteiger partial charge in [-0.05, 0) is 86.3 Å². The van der Waals surface area contributed by atoms with E-state index in [1.54, 1.807) is 6.07 Å². The quantitative estimate of drug-likeness (QED) is 0.474. The Morgan fingerprint density at radius 1 is 1.03 bits per heavy atom. The predicted molar refractivity (Wildman–Crippen MR) is 137 cm³/mol. The number of hydrogen-bond acceptors (Lipinski definition) is 5. The topological polar surface area (TPSA) is 128 Å². The number of primary amides is 1. The Hall–Kier alpha value is -2.49. The van der Waals surface area contributed by atoms with Crippen molar-refractivity contribution in [3.63, 3.8) is 0 Å². The maximum atomic E-state index is 13.2. The third-order valence-electron chi connectivity index (χ3n) is 8.00. The maximum absolute atomic E-state index is 13.2. The fourth-order valence-electron chi connectivity index (χ4n) is 6.56. The van der Waals surface area contributed by atoms with Crippen molar-refractivity contribution in [2.75, 3.05) is 11.8 Å². The minimum Gasteiger partial charge on any atom is -0.495 e. The first-order chi connectivity index (χ1) is 17.0. The number of nitrogens with two attached hydrogens (primary N) is 1. The first kappa shape index (κ1) is 25.2. The number of methoxy groups -OCH3 is 1. The maximum Gasteiger partial charge on any atom is 0.261 e. The summed E-state index contributed by atoms with van der Waals surface area (Å²) in [5.41, 5.74) is 5.69. The predicted octanol–water partition coefficient (Wildman–Crippen LogP) is 4.21. The van der Waals surface area contributed by atoms with E-state index in [1.807, 2.05) is 0 Å². The third kappa shape index (κ3) is 4.41. The molecule has 6 rings (SSSR count). The molecule has 8 nitrogen and oxygen atoms in total. The van der Waals surface area contributed by atoms with Crippen LogP contribution in [0.1, 0.15) is 42.5 Å². The van der Waals surface area contributed by atoms with E-state index < -0.39 is 15.4 Å². The molecule has 4 saturated carbocycles. The van der Waals surface area contributed by atoms with Gasteiger partial charge in [0.2, 0.25) is 5.91 Å². The van der Waals surface area contributed by atoms with Gasteiger partial charge in [0.1, 0.15) is 5.75 Å². The van der Waals surface area contributed by atoms with Crippen LogP contribution in [-0.4, -0.2) is 33.4 Å². The standard InChI is InChI=1S/C25H27Cl2N3O5S/c1-35-21-5-3-17(9-19(21)27)36(33,34)30-20-8-14(2-4-18(20)26)23(31)29-22-15-6-13-7-16(22)12-25(10-13,11-15)24(28)32/h2-5,8-9,13,15-16,22,30H,6-7,10-12H2,1H3,(H2,28,32)(H,29,31). The summed E-state index contributed by atoms with van der Waals surface area (Å²) in [6.07, 6.45) is 4.22. The lowest BCUT2D eigenvalue weighted by molar-refractivity contribution is -0.145. The Morgan fingerprint density at radius 3 is 2.33 bits per heavy atom. The second-order valence-electron chi connectivity index (χ2n) is 10.2. The highest BCUT2D eigenvalue weighted by atomic mass is 35.5. The van der Waals surface area contributed by atoms with E-state index in [1.165, 1.54) is 37.4 Å². The van der Waals surface area contributed by atoms with Crippen LogP contribution in [0.25, 0.3) is 0 Å². The molecule has 11 heteroatoms. The number of carbonyl (C=O) groups is 2. The normalized spacial score (nSPS) is 28.5. The van der Waals surface area contributed by atoms with Crippen LogP contribution in [-0.2, 0) is 14.8 Å². The molecule has 2 atom stereocenters. The summed E-state index contributed by atoms with van der Waals surface area (Å²) < 4.78 is 33.4. The van der Waals surface area contributed by atoms with Crippen molar-refractivity contribution in [3.8, 4) is 5.75 Å². The first-order valence-electron chi connectivity index (χ1n) is 11.8. The van der Waals surface area contributed by atoms with E-state index in [-0.39, 0.29) is 55.9 Å². The second-order valence-corrected chi connectivity index (χ2v) is 12.7. The van der Waals surface area contributed by atoms with Gasteiger partial charge in [0.15, 0.2) is 0 Å². The molecule has 4 N–H and O–H groups in total. The van der Waals surface area contributed by atoms with Crippen LogP contribution in [0.15, 0.2) is 41.3 Å². The molecule has 2 unspecified atom stereocenters. The molecular formula is C25H27Cl2N3O5S. The van der Waals surface area contributed by atoms with E-state index in [9.17, 15) is 18.0 Å². The molecule has 0 aromatic heterocycles. The molecule has 0 heterocycles. The highest BCUT2D eigenvalue weighted by Crippen LogP contribution is 2.60. The Labute approximate surface area is 219 Å². The summed E-state index contributed by atoms with van der Waals surface area (Å²) >= 11 is 12.3. The summed E-state index contributed by atoms with van der Waals surface area (Å²) in [7, 11) is -2.60. The molecule has 4 aliphatic carbocycles. The largest absolute Gasteiger partial charge is 0.495 e. The molecule has 4 aliphatic rings. The van der Waals surface area contributed by atoms with Gasteiger partial charge in [0.05, 0.1) is 27.7 Å². The Balaban J connectivity index is 1.33. The molecular weight excluding hydrogens is 525 g/mol. The van der Waals surface area contributed by atoms with Crippen molar-refractivity contribution >= 4 is 50.7 Å². The fraction of sp³-hybridized carbons (Fsp3) is 0.440. The molecule has 0 saturated heterocycles. The van der Waals surface area contributed by atoms with Gasteiger partial charge in [0, 0.05) is 17.0 Å². The molecule has 0 aliphatic heterocycles. The molecule has 0 spiro atoms. The van der Waals surface area contributed by atoms with Gasteiger partial charge in [-0.1, -0.05) is 23.2 Å². The van der Waals surface area contributed by atoms with Gasteiger partial charge in [-0.25, -0.2) is 8.42 Å². The summed E-state index contributed by atoms with van der Waals surface area (Å²) in [5, 5.41) is 3.45. The smallest absolute Gasteiger partial charge is 0.261 e. The van der Waals surface area contributed by atoms with Crippen molar-refractivity contribution in [3.05, 3.63) is 52.0 Å². The fourth-order valence-corrected chi connectivity index (χ4v) is 8.20. The van der Waals surface area contributed by atoms with Gasteiger partial charge < -0.3 is 15.8 Å². The molecule has 2 amide bonds. The van der Waals surface area contributed by atoms with Crippen LogP contribution in [0.2, 0.25) is 10.0 Å². The monoisotopic (exact) mass is 551 g/mol. The molecule has 192 valence electrons. The van der Waals surface area contributed by atoms with Crippen LogP contribution >= 0.6 is 23.2 Å². The number of anilines is 1. The zero-order chi connectivity index (χ0) is 25.8. The van der Waals surface area contributed by atoms with Crippen molar-refractivity contribution < 1.29 is 22.7 Å². The van der Waals surface area contributed by atoms with Crippen LogP contribution in [0.3, 0.4) is 0 Å². The van der Waals surface area contributed by atoms with Crippen LogP contribution in [0.4, 0.5) is 5.69 Å². The number of benzene rings is 2. The second kappa shape index (κ2) is 9.11. The van der Waals surface area contributed by atoms with Crippen molar-refractivity contribution in [2.45, 2.75) is 43.0 Å². The molecule has 2 aromatic rings. The van der Waals surface area contributed by atoms with Gasteiger partial charge in [-0.15, -0.1) is 0 Å². The lowest BCUT2D eigenvalue weighted by atomic mass is 9.47. The lowest BCUT2D eigenvalue weighted by Gasteiger charge is -2.58. The number of halogens is 2. The minimum absolute atomic E-state index is 0.0428. The molecule has 0 radical (unpaired) electrons. The molecule has 4 bridgehead atoms. The summed E-state index contributed by atoms with van der Waals surface area (Å²) in [6.45, 7) is 0. The Bertz CT molecular complexity index is 1330. The number of hydrogen-bond donors (Lipinski definition) is 3. The average Bonchev–Trinajstić information content (AvgIpc) is 2.82. The lowest BCUT2D eigenvalue weighted by Crippen LogP contribution is -2.62. The molecule has 2 aromatic carbocycles. The first-order valence-corrected chi connectivity index (χ1v) is 14.0. The van der Waals surface area contributed by atoms with Gasteiger partial charge >= 0.3 is 0 Å². The number of sulfonamides is 1. The number of carbonyl (C=O) groups excluding carboxylic acids is 2. The van der Waals surface area contributed by atoms with Gasteiger partial charge in [-0.2, -0.15) is 0 Å². The number of rotatable bonds is 7. The van der Waals surface area contributed by atoms with Crippen molar-refractivity contribution in [2.24, 2.45) is 28.9 Å². The Morgan fingerprint density at radius 2 is 1.72 bits per heavy atom. The average molecular weight is 552 g/mol. The zero-order valence-electron chi connectivity index (χ0n) is 19.6. The number of nitrogens with one attached hydrogen (secondary N) is 2. The zero-order valence-corrected chi connectivity index (χ0v) is 21.9. The van der Waals surface area contributed by atoms with E-state index in [4.69, 9.17) is 33.7 Å². The van der Waals surface area contributed by atoms with Crippen LogP contribution in [0, 0.1) is 23.2 Å². The molecule has 36 heavy (non-hydrogen) atoms. The number of ether oxygens (including phenoxy) is 1. The highest BCUT2D eigenvalue weighted by Gasteiger charge is 2.58. The van der Waals surface area contributed by atoms with E-state index in [0.29, 0.717) is 24.5 Å². The molecule has 4 fully saturated rings. The van der Waals surface area contributed by atoms with E-state index >= 15 is 0 Å². The van der Waals surface area contributed by atoms with Crippen LogP contribution < -0.4 is 20.5 Å². The van der Waals surface area contributed by atoms with E-state index in [2.05, 4.69) is 10.0 Å². The number of amides is 2. The van der Waals surface area contributed by atoms with E-state index in [0.717, 1.165) is 19.3 Å². The third-order valence-corrected chi connectivity index (χ3v) is 9.99. The van der Waals surface area contributed by atoms with Gasteiger partial charge in [0.25, 0.3) is 15.9 Å². The Kier molecular flexibility index (Phi) is 6.37. The SMILES string of the molecule is COc1ccc(S(=O)(=O)Nc2cc(C(=O)NC3C4CC5CC3CC(C(N)=O)(C5)C4)ccc2Cl)cc1Cl. The van der Waals surface area contributed by atoms with Crippen molar-refractivity contribution in [1.82, 2.24) is 5.32 Å². The van der Waals surface area contributed by atoms with Gasteiger partial charge in [-0.3, -0.25) is 14.3 Å². The summed E-state index contributed by atoms with van der Waals surface area (Å²) in [4.78, 5) is 25.3. The summed E-state index contributed by atoms with van der Waals surface area (Å²) in [5.74, 6) is 0.699.